The molecule has 0 aliphatic rings. The van der Waals surface area contributed by atoms with Gasteiger partial charge in [-0.2, -0.15) is 5.26 Å². The Morgan fingerprint density at radius 2 is 1.93 bits per heavy atom. The lowest BCUT2D eigenvalue weighted by Gasteiger charge is -2.23. The van der Waals surface area contributed by atoms with E-state index in [9.17, 15) is 14.9 Å². The van der Waals surface area contributed by atoms with Gasteiger partial charge in [-0.1, -0.05) is 66.1 Å². The molecule has 1 unspecified atom stereocenters. The molecule has 0 aliphatic heterocycles. The molecule has 3 rings (SSSR count). The van der Waals surface area contributed by atoms with Crippen LogP contribution >= 0.6 is 21.6 Å². The minimum Gasteiger partial charge on any atom is -0.448 e. The molecule has 1 heterocycles. The molecule has 11 heteroatoms. The number of benzene rings is 2. The number of pyridine rings is 1. The van der Waals surface area contributed by atoms with Crippen LogP contribution < -0.4 is 21.3 Å². The Kier molecular flexibility index (Phi) is 14.9. The highest BCUT2D eigenvalue weighted by molar-refractivity contribution is 8.76. The number of fused-ring (bicyclic) bond motifs is 1. The van der Waals surface area contributed by atoms with E-state index in [1.165, 1.54) is 6.42 Å². The maximum Gasteiger partial charge on any atom is 0.411 e. The van der Waals surface area contributed by atoms with Crippen LogP contribution in [0.1, 0.15) is 44.9 Å². The maximum absolute atomic E-state index is 12.5. The minimum absolute atomic E-state index is 0.00392. The molecular formula is C30H40N6O3S2. The second-order valence-electron chi connectivity index (χ2n) is 9.28. The average molecular weight is 597 g/mol. The quantitative estimate of drug-likeness (QED) is 0.161. The fraction of sp³-hybridized carbons (Fsp3) is 0.400. The third-order valence-corrected chi connectivity index (χ3v) is 8.56. The van der Waals surface area contributed by atoms with Crippen LogP contribution in [-0.4, -0.2) is 54.7 Å². The summed E-state index contributed by atoms with van der Waals surface area (Å²) in [6, 6.07) is 17.3. The van der Waals surface area contributed by atoms with Gasteiger partial charge in [-0.15, -0.1) is 0 Å². The Bertz CT molecular complexity index is 1330. The first-order chi connectivity index (χ1) is 19.7. The number of para-hydroxylation sites is 1. The van der Waals surface area contributed by atoms with Gasteiger partial charge in [-0.25, -0.2) is 9.78 Å². The van der Waals surface area contributed by atoms with Gasteiger partial charge < -0.3 is 20.7 Å². The minimum atomic E-state index is -0.518. The molecule has 0 radical (unpaired) electrons. The number of carbonyl (C=O) groups excluding carboxylic acids is 2. The number of amides is 2. The zero-order valence-corrected chi connectivity index (χ0v) is 26.0. The zero-order valence-electron chi connectivity index (χ0n) is 24.4. The largest absolute Gasteiger partial charge is 0.448 e. The summed E-state index contributed by atoms with van der Waals surface area (Å²) in [5.41, 5.74) is 9.56. The van der Waals surface area contributed by atoms with Gasteiger partial charge in [0.1, 0.15) is 18.4 Å². The number of nitrogens with zero attached hydrogens (tertiary/aromatic N) is 3. The number of aryl methyl sites for hydroxylation is 1. The highest BCUT2D eigenvalue weighted by Crippen LogP contribution is 2.33. The molecule has 0 aliphatic carbocycles. The van der Waals surface area contributed by atoms with Crippen molar-refractivity contribution in [2.45, 2.75) is 45.8 Å². The van der Waals surface area contributed by atoms with Gasteiger partial charge in [0.05, 0.1) is 17.7 Å². The van der Waals surface area contributed by atoms with Gasteiger partial charge in [0.2, 0.25) is 5.91 Å². The molecule has 41 heavy (non-hydrogen) atoms. The van der Waals surface area contributed by atoms with Crippen molar-refractivity contribution in [3.05, 3.63) is 59.8 Å². The van der Waals surface area contributed by atoms with E-state index in [2.05, 4.69) is 35.5 Å². The van der Waals surface area contributed by atoms with Crippen molar-refractivity contribution >= 4 is 61.6 Å². The summed E-state index contributed by atoms with van der Waals surface area (Å²) < 4.78 is 5.45. The molecule has 0 saturated heterocycles. The number of aromatic nitrogens is 1. The third-order valence-electron chi connectivity index (χ3n) is 5.61. The monoisotopic (exact) mass is 596 g/mol. The topological polar surface area (TPSA) is 133 Å². The zero-order chi connectivity index (χ0) is 30.2. The Morgan fingerprint density at radius 3 is 2.63 bits per heavy atom. The van der Waals surface area contributed by atoms with Crippen molar-refractivity contribution in [2.75, 3.05) is 42.7 Å². The molecule has 0 spiro atoms. The van der Waals surface area contributed by atoms with Crippen molar-refractivity contribution in [1.29, 1.82) is 5.26 Å². The first-order valence-corrected chi connectivity index (χ1v) is 15.9. The van der Waals surface area contributed by atoms with E-state index < -0.39 is 6.09 Å². The third kappa shape index (κ3) is 11.1. The van der Waals surface area contributed by atoms with Crippen molar-refractivity contribution in [3.63, 3.8) is 0 Å². The Labute approximate surface area is 251 Å². The molecule has 9 nitrogen and oxygen atoms in total. The number of anilines is 3. The van der Waals surface area contributed by atoms with Crippen LogP contribution in [0.3, 0.4) is 0 Å². The van der Waals surface area contributed by atoms with Crippen molar-refractivity contribution in [1.82, 2.24) is 10.3 Å². The number of hydrogen-bond acceptors (Lipinski definition) is 9. The molecule has 0 saturated carbocycles. The standard InChI is InChI=1S/C27H32N6O3S2.C3H8/c1-18-9-10-21(33(3)25-13-20(15-28)31-23-8-5-4-7-22(23)25)14-24(18)32-27(35)36-17-19(2)38-37-12-6-11-30-26(34)16-29;1-3-2/h4-5,7-10,13-14,19H,6,11-12,16-17,29H2,1-3H3,(H,30,34)(H,32,35);3H2,1-2H3. The number of nitriles is 1. The number of ether oxygens (including phenoxy) is 1. The summed E-state index contributed by atoms with van der Waals surface area (Å²) in [6.07, 6.45) is 1.57. The first kappa shape index (κ1) is 33.7. The van der Waals surface area contributed by atoms with Crippen LogP contribution in [0.25, 0.3) is 10.9 Å². The highest BCUT2D eigenvalue weighted by Gasteiger charge is 2.14. The van der Waals surface area contributed by atoms with Crippen molar-refractivity contribution < 1.29 is 14.3 Å². The lowest BCUT2D eigenvalue weighted by molar-refractivity contribution is -0.119. The number of nitrogens with two attached hydrogens (primary N) is 1. The SMILES string of the molecule is CCC.Cc1ccc(N(C)c2cc(C#N)nc3ccccc23)cc1NC(=O)OCC(C)SSCCCNC(=O)CN. The van der Waals surface area contributed by atoms with Crippen LogP contribution in [0.5, 0.6) is 0 Å². The van der Waals surface area contributed by atoms with Gasteiger partial charge in [-0.05, 0) is 50.1 Å². The average Bonchev–Trinajstić information content (AvgIpc) is 2.98. The van der Waals surface area contributed by atoms with Crippen LogP contribution in [0.2, 0.25) is 0 Å². The summed E-state index contributed by atoms with van der Waals surface area (Å²) in [7, 11) is 5.23. The van der Waals surface area contributed by atoms with E-state index in [1.54, 1.807) is 27.7 Å². The van der Waals surface area contributed by atoms with Crippen LogP contribution in [0.4, 0.5) is 21.9 Å². The lowest BCUT2D eigenvalue weighted by Crippen LogP contribution is -2.31. The Balaban J connectivity index is 0.00000187. The summed E-state index contributed by atoms with van der Waals surface area (Å²) in [5, 5.41) is 16.1. The van der Waals surface area contributed by atoms with Gasteiger partial charge >= 0.3 is 6.09 Å². The number of nitrogens with one attached hydrogen (secondary N) is 2. The molecule has 0 fully saturated rings. The molecular weight excluding hydrogens is 557 g/mol. The predicted molar refractivity (Wildman–Crippen MR) is 173 cm³/mol. The second-order valence-corrected chi connectivity index (χ2v) is 12.2. The molecule has 2 amide bonds. The molecule has 4 N–H and O–H groups in total. The van der Waals surface area contributed by atoms with E-state index >= 15 is 0 Å². The summed E-state index contributed by atoms with van der Waals surface area (Å²) in [6.45, 7) is 9.04. The molecule has 0 bridgehead atoms. The predicted octanol–water partition coefficient (Wildman–Crippen LogP) is 6.38. The summed E-state index contributed by atoms with van der Waals surface area (Å²) in [5.74, 6) is 0.718. The van der Waals surface area contributed by atoms with Crippen LogP contribution in [-0.2, 0) is 9.53 Å². The smallest absolute Gasteiger partial charge is 0.411 e. The van der Waals surface area contributed by atoms with Crippen molar-refractivity contribution in [3.8, 4) is 6.07 Å². The highest BCUT2D eigenvalue weighted by atomic mass is 33.1. The van der Waals surface area contributed by atoms with E-state index in [0.29, 0.717) is 17.9 Å². The Hall–Kier alpha value is -3.46. The molecule has 1 aromatic heterocycles. The van der Waals surface area contributed by atoms with E-state index in [4.69, 9.17) is 10.5 Å². The van der Waals surface area contributed by atoms with Gasteiger partial charge in [-0.3, -0.25) is 10.1 Å². The van der Waals surface area contributed by atoms with Crippen LogP contribution in [0.15, 0.2) is 48.5 Å². The van der Waals surface area contributed by atoms with E-state index in [0.717, 1.165) is 40.0 Å². The fourth-order valence-corrected chi connectivity index (χ4v) is 5.77. The normalized spacial score (nSPS) is 11.0. The van der Waals surface area contributed by atoms with Gasteiger partial charge in [0.25, 0.3) is 0 Å². The number of carbonyl (C=O) groups is 2. The van der Waals surface area contributed by atoms with Crippen LogP contribution in [0, 0.1) is 18.3 Å². The fourth-order valence-electron chi connectivity index (χ4n) is 3.55. The number of rotatable bonds is 12. The Morgan fingerprint density at radius 1 is 1.20 bits per heavy atom. The molecule has 2 aromatic carbocycles. The number of hydrogen-bond donors (Lipinski definition) is 3. The van der Waals surface area contributed by atoms with E-state index in [-0.39, 0.29) is 24.3 Å². The lowest BCUT2D eigenvalue weighted by atomic mass is 10.1. The summed E-state index contributed by atoms with van der Waals surface area (Å²) in [4.78, 5) is 30.0. The second kappa shape index (κ2) is 18.1. The summed E-state index contributed by atoms with van der Waals surface area (Å²) >= 11 is 0. The first-order valence-electron chi connectivity index (χ1n) is 13.6. The maximum atomic E-state index is 12.5. The molecule has 1 atom stereocenters. The van der Waals surface area contributed by atoms with Gasteiger partial charge in [0, 0.05) is 41.4 Å². The molecule has 3 aromatic rings. The molecule has 220 valence electrons. The van der Waals surface area contributed by atoms with Crippen molar-refractivity contribution in [2.24, 2.45) is 5.73 Å². The van der Waals surface area contributed by atoms with E-state index in [1.807, 2.05) is 68.3 Å². The van der Waals surface area contributed by atoms with Gasteiger partial charge in [0.15, 0.2) is 0 Å².